The number of anilines is 1. The third kappa shape index (κ3) is 2.37. The molecule has 1 saturated heterocycles. The summed E-state index contributed by atoms with van der Waals surface area (Å²) < 4.78 is 13.2. The summed E-state index contributed by atoms with van der Waals surface area (Å²) in [5.41, 5.74) is 14.8. The second-order valence-electron chi connectivity index (χ2n) is 6.77. The van der Waals surface area contributed by atoms with Crippen molar-refractivity contribution < 1.29 is 9.47 Å². The fraction of sp³-hybridized carbons (Fsp3) is 0.389. The molecule has 8 nitrogen and oxygen atoms in total. The molecule has 0 spiro atoms. The van der Waals surface area contributed by atoms with Crippen LogP contribution < -0.4 is 11.5 Å². The Morgan fingerprint density at radius 3 is 2.85 bits per heavy atom. The zero-order valence-electron chi connectivity index (χ0n) is 14.2. The third-order valence-corrected chi connectivity index (χ3v) is 5.22. The minimum atomic E-state index is -0.129. The van der Waals surface area contributed by atoms with Crippen LogP contribution in [0.5, 0.6) is 0 Å². The van der Waals surface area contributed by atoms with Gasteiger partial charge in [-0.1, -0.05) is 6.08 Å². The van der Waals surface area contributed by atoms with Crippen molar-refractivity contribution in [1.29, 1.82) is 0 Å². The van der Waals surface area contributed by atoms with Crippen LogP contribution in [0.3, 0.4) is 0 Å². The van der Waals surface area contributed by atoms with Gasteiger partial charge in [0.25, 0.3) is 6.02 Å². The van der Waals surface area contributed by atoms with Gasteiger partial charge in [0.1, 0.15) is 29.9 Å². The number of hydrogen-bond acceptors (Lipinski definition) is 7. The van der Waals surface area contributed by atoms with Crippen molar-refractivity contribution in [3.8, 4) is 0 Å². The smallest absolute Gasteiger partial charge is 0.283 e. The van der Waals surface area contributed by atoms with E-state index in [0.717, 1.165) is 48.2 Å². The molecule has 1 aliphatic carbocycles. The number of ether oxygens (including phenoxy) is 2. The molecule has 5 rings (SSSR count). The number of aliphatic imine (C=N–C) groups is 1. The number of allylic oxidation sites excluding steroid dienone is 2. The van der Waals surface area contributed by atoms with Crippen LogP contribution in [0.2, 0.25) is 0 Å². The molecule has 2 aliphatic heterocycles. The Kier molecular flexibility index (Phi) is 3.46. The van der Waals surface area contributed by atoms with E-state index in [0.29, 0.717) is 11.9 Å². The summed E-state index contributed by atoms with van der Waals surface area (Å²) in [6.07, 6.45) is 11.5. The summed E-state index contributed by atoms with van der Waals surface area (Å²) in [7, 11) is 0. The monoisotopic (exact) mass is 352 g/mol. The maximum atomic E-state index is 6.22. The van der Waals surface area contributed by atoms with E-state index in [1.54, 1.807) is 0 Å². The van der Waals surface area contributed by atoms with Crippen LogP contribution in [0.15, 0.2) is 35.7 Å². The minimum Gasteiger partial charge on any atom is -0.455 e. The van der Waals surface area contributed by atoms with Crippen molar-refractivity contribution in [2.75, 3.05) is 18.9 Å². The lowest BCUT2D eigenvalue weighted by Gasteiger charge is -2.24. The molecule has 0 saturated carbocycles. The number of fused-ring (bicyclic) bond motifs is 2. The van der Waals surface area contributed by atoms with Crippen LogP contribution in [0, 0.1) is 0 Å². The third-order valence-electron chi connectivity index (χ3n) is 5.22. The predicted molar refractivity (Wildman–Crippen MR) is 98.4 cm³/mol. The first-order valence-corrected chi connectivity index (χ1v) is 8.80. The average Bonchev–Trinajstić information content (AvgIpc) is 3.22. The second-order valence-corrected chi connectivity index (χ2v) is 6.77. The van der Waals surface area contributed by atoms with Gasteiger partial charge < -0.3 is 25.5 Å². The Morgan fingerprint density at radius 2 is 2.00 bits per heavy atom. The average molecular weight is 352 g/mol. The molecule has 26 heavy (non-hydrogen) atoms. The molecule has 2 atom stereocenters. The summed E-state index contributed by atoms with van der Waals surface area (Å²) in [4.78, 5) is 13.1. The number of amidine groups is 1. The largest absolute Gasteiger partial charge is 0.455 e. The van der Waals surface area contributed by atoms with Gasteiger partial charge in [-0.15, -0.1) is 0 Å². The fourth-order valence-corrected chi connectivity index (χ4v) is 3.93. The van der Waals surface area contributed by atoms with Crippen LogP contribution in [0.4, 0.5) is 5.82 Å². The molecule has 0 bridgehead atoms. The van der Waals surface area contributed by atoms with Crippen molar-refractivity contribution in [2.45, 2.75) is 31.0 Å². The van der Waals surface area contributed by atoms with Crippen molar-refractivity contribution in [2.24, 2.45) is 10.7 Å². The zero-order valence-corrected chi connectivity index (χ0v) is 14.2. The molecule has 0 radical (unpaired) electrons. The predicted octanol–water partition coefficient (Wildman–Crippen LogP) is 1.40. The highest BCUT2D eigenvalue weighted by molar-refractivity contribution is 6.00. The molecule has 8 heteroatoms. The van der Waals surface area contributed by atoms with E-state index in [-0.39, 0.29) is 18.2 Å². The van der Waals surface area contributed by atoms with Gasteiger partial charge in [-0.05, 0) is 30.6 Å². The molecule has 3 aliphatic rings. The molecule has 0 amide bonds. The Bertz CT molecular complexity index is 954. The SMILES string of the molecule is NC1=NC2C=C(c3cn(C4CCOCC4)c4ncnc(N)c34)C=CC2O1. The second kappa shape index (κ2) is 5.84. The Morgan fingerprint density at radius 1 is 1.15 bits per heavy atom. The number of nitrogens with zero attached hydrogens (tertiary/aromatic N) is 4. The van der Waals surface area contributed by atoms with Gasteiger partial charge >= 0.3 is 0 Å². The highest BCUT2D eigenvalue weighted by atomic mass is 16.5. The molecule has 134 valence electrons. The Balaban J connectivity index is 1.64. The summed E-state index contributed by atoms with van der Waals surface area (Å²) in [6.45, 7) is 1.52. The molecule has 2 aromatic heterocycles. The van der Waals surface area contributed by atoms with E-state index in [2.05, 4.69) is 31.8 Å². The molecular weight excluding hydrogens is 332 g/mol. The number of hydrogen-bond donors (Lipinski definition) is 2. The highest BCUT2D eigenvalue weighted by Crippen LogP contribution is 2.36. The van der Waals surface area contributed by atoms with E-state index in [4.69, 9.17) is 20.9 Å². The van der Waals surface area contributed by atoms with Crippen LogP contribution >= 0.6 is 0 Å². The number of rotatable bonds is 2. The van der Waals surface area contributed by atoms with Gasteiger partial charge in [0.05, 0.1) is 5.39 Å². The maximum Gasteiger partial charge on any atom is 0.283 e. The van der Waals surface area contributed by atoms with Crippen LogP contribution in [0.1, 0.15) is 24.4 Å². The van der Waals surface area contributed by atoms with Gasteiger partial charge in [-0.25, -0.2) is 15.0 Å². The van der Waals surface area contributed by atoms with Crippen LogP contribution in [-0.2, 0) is 9.47 Å². The van der Waals surface area contributed by atoms with E-state index >= 15 is 0 Å². The molecule has 0 aromatic carbocycles. The van der Waals surface area contributed by atoms with E-state index in [1.165, 1.54) is 6.33 Å². The van der Waals surface area contributed by atoms with E-state index in [1.807, 2.05) is 12.2 Å². The Hall–Kier alpha value is -2.87. The fourth-order valence-electron chi connectivity index (χ4n) is 3.93. The van der Waals surface area contributed by atoms with Crippen molar-refractivity contribution >= 4 is 28.4 Å². The normalized spacial score (nSPS) is 25.7. The van der Waals surface area contributed by atoms with Gasteiger partial charge in [-0.3, -0.25) is 0 Å². The van der Waals surface area contributed by atoms with Crippen LogP contribution in [-0.4, -0.2) is 45.9 Å². The van der Waals surface area contributed by atoms with Gasteiger partial charge in [0, 0.05) is 31.0 Å². The van der Waals surface area contributed by atoms with Crippen molar-refractivity contribution in [1.82, 2.24) is 14.5 Å². The molecule has 1 fully saturated rings. The van der Waals surface area contributed by atoms with Gasteiger partial charge in [0.2, 0.25) is 0 Å². The quantitative estimate of drug-likeness (QED) is 0.844. The maximum absolute atomic E-state index is 6.22. The number of aromatic nitrogens is 3. The minimum absolute atomic E-state index is 0.109. The first kappa shape index (κ1) is 15.4. The molecule has 4 heterocycles. The summed E-state index contributed by atoms with van der Waals surface area (Å²) in [6, 6.07) is 0.468. The lowest BCUT2D eigenvalue weighted by Crippen LogP contribution is -2.22. The van der Waals surface area contributed by atoms with Crippen LogP contribution in [0.25, 0.3) is 16.6 Å². The highest BCUT2D eigenvalue weighted by Gasteiger charge is 2.30. The summed E-state index contributed by atoms with van der Waals surface area (Å²) >= 11 is 0. The summed E-state index contributed by atoms with van der Waals surface area (Å²) in [5, 5.41) is 0.879. The zero-order chi connectivity index (χ0) is 17.7. The lowest BCUT2D eigenvalue weighted by molar-refractivity contribution is 0.0706. The first-order valence-electron chi connectivity index (χ1n) is 8.80. The topological polar surface area (TPSA) is 114 Å². The molecular formula is C18H20N6O2. The van der Waals surface area contributed by atoms with E-state index < -0.39 is 0 Å². The van der Waals surface area contributed by atoms with E-state index in [9.17, 15) is 0 Å². The van der Waals surface area contributed by atoms with Gasteiger partial charge in [-0.2, -0.15) is 0 Å². The van der Waals surface area contributed by atoms with Crippen molar-refractivity contribution in [3.05, 3.63) is 36.3 Å². The number of nitrogen functional groups attached to an aromatic ring is 1. The van der Waals surface area contributed by atoms with Crippen molar-refractivity contribution in [3.63, 3.8) is 0 Å². The standard InChI is InChI=1S/C18H20N6O2/c19-16-15-12(10-1-2-14-13(7-10)23-18(20)26-14)8-24(17(15)22-9-21-16)11-3-5-25-6-4-11/h1-2,7-9,11,13-14H,3-6H2,(H2,20,23)(H2,19,21,22). The lowest BCUT2D eigenvalue weighted by atomic mass is 9.96. The first-order chi connectivity index (χ1) is 12.7. The summed E-state index contributed by atoms with van der Waals surface area (Å²) in [5.74, 6) is 0.484. The number of nitrogens with two attached hydrogens (primary N) is 2. The molecule has 2 aromatic rings. The Labute approximate surface area is 150 Å². The molecule has 2 unspecified atom stereocenters. The van der Waals surface area contributed by atoms with Gasteiger partial charge in [0.15, 0.2) is 0 Å². The molecule has 4 N–H and O–H groups in total.